The number of piperidine rings is 1. The number of hydrogen-bond acceptors (Lipinski definition) is 3. The van der Waals surface area contributed by atoms with E-state index in [2.05, 4.69) is 17.9 Å². The van der Waals surface area contributed by atoms with Crippen molar-refractivity contribution in [2.45, 2.75) is 44.8 Å². The Morgan fingerprint density at radius 1 is 1.62 bits per heavy atom. The summed E-state index contributed by atoms with van der Waals surface area (Å²) in [7, 11) is 0. The van der Waals surface area contributed by atoms with Crippen LogP contribution in [-0.2, 0) is 6.54 Å². The van der Waals surface area contributed by atoms with Gasteiger partial charge in [-0.2, -0.15) is 0 Å². The van der Waals surface area contributed by atoms with Gasteiger partial charge in [0.2, 0.25) is 0 Å². The normalized spacial score (nSPS) is 24.6. The molecule has 0 spiro atoms. The zero-order valence-corrected chi connectivity index (χ0v) is 11.2. The van der Waals surface area contributed by atoms with Crippen LogP contribution in [0.15, 0.2) is 11.4 Å². The van der Waals surface area contributed by atoms with Crippen LogP contribution < -0.4 is 5.73 Å². The Hall–Kier alpha value is -0.0900. The maximum absolute atomic E-state index is 6.05. The van der Waals surface area contributed by atoms with Crippen molar-refractivity contribution < 1.29 is 0 Å². The smallest absolute Gasteiger partial charge is 0.0516 e. The molecule has 2 unspecified atom stereocenters. The first-order valence-electron chi connectivity index (χ1n) is 5.89. The molecule has 90 valence electrons. The fraction of sp³-hybridized carbons (Fsp3) is 0.667. The molecule has 1 aromatic heterocycles. The van der Waals surface area contributed by atoms with E-state index in [4.69, 9.17) is 17.3 Å². The Morgan fingerprint density at radius 3 is 3.06 bits per heavy atom. The molecule has 0 radical (unpaired) electrons. The topological polar surface area (TPSA) is 29.3 Å². The quantitative estimate of drug-likeness (QED) is 0.903. The highest BCUT2D eigenvalue weighted by atomic mass is 35.5. The van der Waals surface area contributed by atoms with E-state index in [9.17, 15) is 0 Å². The summed E-state index contributed by atoms with van der Waals surface area (Å²) in [5.41, 5.74) is 6.05. The van der Waals surface area contributed by atoms with Gasteiger partial charge in [0.05, 0.1) is 5.02 Å². The minimum absolute atomic E-state index is 0.260. The van der Waals surface area contributed by atoms with Gasteiger partial charge in [0.1, 0.15) is 0 Å². The number of hydrogen-bond donors (Lipinski definition) is 1. The minimum Gasteiger partial charge on any atom is -0.327 e. The van der Waals surface area contributed by atoms with Gasteiger partial charge in [-0.1, -0.05) is 18.0 Å². The fourth-order valence-electron chi connectivity index (χ4n) is 2.45. The van der Waals surface area contributed by atoms with Gasteiger partial charge in [-0.25, -0.2) is 0 Å². The highest BCUT2D eigenvalue weighted by Crippen LogP contribution is 2.25. The number of halogens is 1. The molecule has 2 N–H and O–H groups in total. The monoisotopic (exact) mass is 258 g/mol. The van der Waals surface area contributed by atoms with Crippen LogP contribution in [0, 0.1) is 0 Å². The van der Waals surface area contributed by atoms with Gasteiger partial charge >= 0.3 is 0 Å². The van der Waals surface area contributed by atoms with E-state index in [0.29, 0.717) is 6.04 Å². The third-order valence-electron chi connectivity index (χ3n) is 3.25. The molecule has 16 heavy (non-hydrogen) atoms. The second-order valence-corrected chi connectivity index (χ2v) is 6.06. The molecular weight excluding hydrogens is 240 g/mol. The van der Waals surface area contributed by atoms with E-state index in [1.807, 2.05) is 5.38 Å². The van der Waals surface area contributed by atoms with Crippen molar-refractivity contribution in [3.05, 3.63) is 21.3 Å². The van der Waals surface area contributed by atoms with Crippen LogP contribution in [0.2, 0.25) is 5.02 Å². The molecule has 2 atom stereocenters. The van der Waals surface area contributed by atoms with Crippen molar-refractivity contribution in [1.29, 1.82) is 0 Å². The third-order valence-corrected chi connectivity index (χ3v) is 4.52. The van der Waals surface area contributed by atoms with Gasteiger partial charge in [0, 0.05) is 28.9 Å². The molecule has 1 aliphatic rings. The van der Waals surface area contributed by atoms with Gasteiger partial charge in [0.25, 0.3) is 0 Å². The summed E-state index contributed by atoms with van der Waals surface area (Å²) in [5, 5.41) is 2.86. The molecule has 2 heterocycles. The van der Waals surface area contributed by atoms with Gasteiger partial charge in [-0.15, -0.1) is 11.3 Å². The number of nitrogens with two attached hydrogens (primary N) is 1. The average molecular weight is 259 g/mol. The highest BCUT2D eigenvalue weighted by molar-refractivity contribution is 7.10. The summed E-state index contributed by atoms with van der Waals surface area (Å²) in [5.74, 6) is 0. The van der Waals surface area contributed by atoms with Crippen LogP contribution in [-0.4, -0.2) is 23.5 Å². The molecule has 1 saturated heterocycles. The van der Waals surface area contributed by atoms with Gasteiger partial charge < -0.3 is 5.73 Å². The molecular formula is C12H19ClN2S. The van der Waals surface area contributed by atoms with E-state index in [0.717, 1.165) is 11.6 Å². The first kappa shape index (κ1) is 12.4. The maximum atomic E-state index is 6.05. The second kappa shape index (κ2) is 5.50. The average Bonchev–Trinajstić information content (AvgIpc) is 2.64. The second-order valence-electron chi connectivity index (χ2n) is 4.62. The van der Waals surface area contributed by atoms with Crippen LogP contribution in [0.4, 0.5) is 0 Å². The zero-order chi connectivity index (χ0) is 11.5. The van der Waals surface area contributed by atoms with Crippen molar-refractivity contribution >= 4 is 22.9 Å². The summed E-state index contributed by atoms with van der Waals surface area (Å²) in [6, 6.07) is 2.87. The van der Waals surface area contributed by atoms with E-state index in [-0.39, 0.29) is 6.04 Å². The first-order chi connectivity index (χ1) is 7.66. The minimum atomic E-state index is 0.260. The first-order valence-corrected chi connectivity index (χ1v) is 7.15. The molecule has 1 aliphatic heterocycles. The Bertz CT molecular complexity index is 338. The van der Waals surface area contributed by atoms with Crippen molar-refractivity contribution in [3.63, 3.8) is 0 Å². The molecule has 1 fully saturated rings. The van der Waals surface area contributed by atoms with Crippen molar-refractivity contribution in [1.82, 2.24) is 4.90 Å². The SMILES string of the molecule is CC(N)C1CCCCN1Cc1cc(Cl)cs1. The van der Waals surface area contributed by atoms with Gasteiger partial charge in [0.15, 0.2) is 0 Å². The third kappa shape index (κ3) is 2.98. The van der Waals surface area contributed by atoms with Crippen molar-refractivity contribution in [3.8, 4) is 0 Å². The fourth-order valence-corrected chi connectivity index (χ4v) is 3.54. The predicted octanol–water partition coefficient (Wildman–Crippen LogP) is 3.10. The van der Waals surface area contributed by atoms with E-state index < -0.39 is 0 Å². The summed E-state index contributed by atoms with van der Waals surface area (Å²) in [6.45, 7) is 4.29. The van der Waals surface area contributed by atoms with Crippen molar-refractivity contribution in [2.24, 2.45) is 5.73 Å². The number of nitrogens with zero attached hydrogens (tertiary/aromatic N) is 1. The van der Waals surface area contributed by atoms with Crippen LogP contribution in [0.1, 0.15) is 31.1 Å². The van der Waals surface area contributed by atoms with Crippen LogP contribution in [0.3, 0.4) is 0 Å². The zero-order valence-electron chi connectivity index (χ0n) is 9.66. The van der Waals surface area contributed by atoms with E-state index in [1.54, 1.807) is 11.3 Å². The largest absolute Gasteiger partial charge is 0.327 e. The Labute approximate surface area is 106 Å². The van der Waals surface area contributed by atoms with E-state index in [1.165, 1.54) is 30.7 Å². The Balaban J connectivity index is 2.01. The maximum Gasteiger partial charge on any atom is 0.0516 e. The molecule has 1 aromatic rings. The molecule has 0 amide bonds. The summed E-state index contributed by atoms with van der Waals surface area (Å²) >= 11 is 7.69. The van der Waals surface area contributed by atoms with Crippen LogP contribution in [0.25, 0.3) is 0 Å². The number of rotatable bonds is 3. The molecule has 2 rings (SSSR count). The van der Waals surface area contributed by atoms with Gasteiger partial charge in [-0.3, -0.25) is 4.90 Å². The predicted molar refractivity (Wildman–Crippen MR) is 71.0 cm³/mol. The standard InChI is InChI=1S/C12H19ClN2S/c1-9(14)12-4-2-3-5-15(12)7-11-6-10(13)8-16-11/h6,8-9,12H,2-5,7,14H2,1H3. The molecule has 0 bridgehead atoms. The summed E-state index contributed by atoms with van der Waals surface area (Å²) in [6.07, 6.45) is 3.84. The lowest BCUT2D eigenvalue weighted by Gasteiger charge is -2.37. The molecule has 0 aliphatic carbocycles. The van der Waals surface area contributed by atoms with Crippen molar-refractivity contribution in [2.75, 3.05) is 6.54 Å². The summed E-state index contributed by atoms with van der Waals surface area (Å²) < 4.78 is 0. The number of thiophene rings is 1. The lowest BCUT2D eigenvalue weighted by molar-refractivity contribution is 0.124. The van der Waals surface area contributed by atoms with Crippen LogP contribution >= 0.6 is 22.9 Å². The van der Waals surface area contributed by atoms with Gasteiger partial charge in [-0.05, 0) is 32.4 Å². The number of likely N-dealkylation sites (tertiary alicyclic amines) is 1. The Kier molecular flexibility index (Phi) is 4.25. The highest BCUT2D eigenvalue weighted by Gasteiger charge is 2.25. The molecule has 2 nitrogen and oxygen atoms in total. The van der Waals surface area contributed by atoms with E-state index >= 15 is 0 Å². The molecule has 0 aromatic carbocycles. The Morgan fingerprint density at radius 2 is 2.44 bits per heavy atom. The lowest BCUT2D eigenvalue weighted by atomic mass is 9.97. The molecule has 4 heteroatoms. The van der Waals surface area contributed by atoms with Crippen LogP contribution in [0.5, 0.6) is 0 Å². The summed E-state index contributed by atoms with van der Waals surface area (Å²) in [4.78, 5) is 3.86. The molecule has 0 saturated carbocycles. The lowest BCUT2D eigenvalue weighted by Crippen LogP contribution is -2.48.